The monoisotopic (exact) mass is 366 g/mol. The third kappa shape index (κ3) is 3.69. The summed E-state index contributed by atoms with van der Waals surface area (Å²) in [5, 5.41) is 25.8. The van der Waals surface area contributed by atoms with Gasteiger partial charge in [0.15, 0.2) is 5.82 Å². The first kappa shape index (κ1) is 17.3. The van der Waals surface area contributed by atoms with E-state index in [1.54, 1.807) is 29.1 Å². The molecule has 0 aliphatic carbocycles. The van der Waals surface area contributed by atoms with Crippen LogP contribution < -0.4 is 5.32 Å². The summed E-state index contributed by atoms with van der Waals surface area (Å²) in [6, 6.07) is 7.01. The van der Waals surface area contributed by atoms with Crippen molar-refractivity contribution in [3.05, 3.63) is 48.0 Å². The smallest absolute Gasteiger partial charge is 0.224 e. The molecule has 0 spiro atoms. The fourth-order valence-electron chi connectivity index (χ4n) is 3.49. The maximum absolute atomic E-state index is 12.4. The molecule has 1 amide bonds. The van der Waals surface area contributed by atoms with Gasteiger partial charge in [0.1, 0.15) is 11.6 Å². The molecule has 1 unspecified atom stereocenters. The Hall–Kier alpha value is -3.16. The second-order valence-electron chi connectivity index (χ2n) is 6.89. The molecule has 1 aromatic carbocycles. The highest BCUT2D eigenvalue weighted by molar-refractivity contribution is 5.79. The Balaban J connectivity index is 1.41. The Labute approximate surface area is 156 Å². The van der Waals surface area contributed by atoms with Crippen LogP contribution in [-0.4, -0.2) is 41.6 Å². The van der Waals surface area contributed by atoms with Crippen molar-refractivity contribution in [3.8, 4) is 17.1 Å². The number of hydrogen-bond acceptors (Lipinski definition) is 5. The molecule has 1 atom stereocenters. The summed E-state index contributed by atoms with van der Waals surface area (Å²) in [6.45, 7) is 0.744. The van der Waals surface area contributed by atoms with E-state index in [2.05, 4.69) is 25.2 Å². The van der Waals surface area contributed by atoms with E-state index in [1.807, 2.05) is 19.3 Å². The first-order chi connectivity index (χ1) is 13.1. The van der Waals surface area contributed by atoms with Crippen LogP contribution >= 0.6 is 0 Å². The lowest BCUT2D eigenvalue weighted by molar-refractivity contribution is -0.121. The lowest BCUT2D eigenvalue weighted by atomic mass is 10.1. The Morgan fingerprint density at radius 3 is 2.93 bits per heavy atom. The quantitative estimate of drug-likeness (QED) is 0.728. The summed E-state index contributed by atoms with van der Waals surface area (Å²) < 4.78 is 3.86. The molecule has 0 radical (unpaired) electrons. The highest BCUT2D eigenvalue weighted by Crippen LogP contribution is 2.22. The van der Waals surface area contributed by atoms with Crippen LogP contribution in [0.3, 0.4) is 0 Å². The predicted octanol–water partition coefficient (Wildman–Crippen LogP) is 1.45. The van der Waals surface area contributed by atoms with Gasteiger partial charge in [-0.05, 0) is 18.9 Å². The maximum atomic E-state index is 12.4. The normalized spacial score (nSPS) is 16.6. The zero-order chi connectivity index (χ0) is 18.8. The molecule has 1 aliphatic heterocycles. The summed E-state index contributed by atoms with van der Waals surface area (Å²) in [5.74, 6) is 1.83. The molecule has 8 nitrogen and oxygen atoms in total. The minimum atomic E-state index is -0.0772. The minimum Gasteiger partial charge on any atom is -0.508 e. The van der Waals surface area contributed by atoms with Gasteiger partial charge in [-0.25, -0.2) is 0 Å². The molecule has 0 fully saturated rings. The van der Waals surface area contributed by atoms with Gasteiger partial charge in [0, 0.05) is 37.8 Å². The van der Waals surface area contributed by atoms with Gasteiger partial charge in [-0.1, -0.05) is 18.2 Å². The van der Waals surface area contributed by atoms with Gasteiger partial charge < -0.3 is 15.0 Å². The van der Waals surface area contributed by atoms with Gasteiger partial charge in [0.25, 0.3) is 0 Å². The molecule has 8 heteroatoms. The van der Waals surface area contributed by atoms with Crippen molar-refractivity contribution < 1.29 is 9.90 Å². The van der Waals surface area contributed by atoms with Crippen molar-refractivity contribution in [1.82, 2.24) is 29.9 Å². The van der Waals surface area contributed by atoms with E-state index < -0.39 is 0 Å². The van der Waals surface area contributed by atoms with E-state index in [-0.39, 0.29) is 24.1 Å². The maximum Gasteiger partial charge on any atom is 0.224 e. The topological polar surface area (TPSA) is 97.9 Å². The molecular formula is C19H22N6O2. The number of phenols is 1. The average molecular weight is 366 g/mol. The van der Waals surface area contributed by atoms with Crippen LogP contribution in [0.25, 0.3) is 11.4 Å². The number of aryl methyl sites for hydroxylation is 2. The van der Waals surface area contributed by atoms with E-state index in [0.717, 1.165) is 43.0 Å². The largest absolute Gasteiger partial charge is 0.508 e. The summed E-state index contributed by atoms with van der Waals surface area (Å²) in [4.78, 5) is 12.4. The van der Waals surface area contributed by atoms with Crippen LogP contribution in [0.2, 0.25) is 0 Å². The molecule has 0 bridgehead atoms. The number of hydrogen-bond donors (Lipinski definition) is 2. The fourth-order valence-corrected chi connectivity index (χ4v) is 3.49. The number of benzene rings is 1. The Bertz CT molecular complexity index is 961. The molecule has 0 saturated heterocycles. The van der Waals surface area contributed by atoms with Crippen molar-refractivity contribution in [2.45, 2.75) is 38.3 Å². The van der Waals surface area contributed by atoms with Crippen molar-refractivity contribution in [1.29, 1.82) is 0 Å². The predicted molar refractivity (Wildman–Crippen MR) is 98.9 cm³/mol. The van der Waals surface area contributed by atoms with Crippen LogP contribution in [0.5, 0.6) is 5.75 Å². The SMILES string of the molecule is Cn1cc(-c2nnc3n2CCC(NC(=O)Cc2ccccc2O)CC3)cn1. The Morgan fingerprint density at radius 2 is 2.15 bits per heavy atom. The summed E-state index contributed by atoms with van der Waals surface area (Å²) in [6.07, 6.45) is 6.27. The molecular weight excluding hydrogens is 344 g/mol. The van der Waals surface area contributed by atoms with E-state index >= 15 is 0 Å². The van der Waals surface area contributed by atoms with Gasteiger partial charge in [0.05, 0.1) is 18.2 Å². The number of aromatic nitrogens is 5. The number of amides is 1. The molecule has 0 saturated carbocycles. The second-order valence-corrected chi connectivity index (χ2v) is 6.89. The van der Waals surface area contributed by atoms with E-state index in [4.69, 9.17) is 0 Å². The molecule has 140 valence electrons. The van der Waals surface area contributed by atoms with E-state index in [9.17, 15) is 9.90 Å². The van der Waals surface area contributed by atoms with Crippen LogP contribution in [0.4, 0.5) is 0 Å². The van der Waals surface area contributed by atoms with Crippen LogP contribution in [0, 0.1) is 0 Å². The van der Waals surface area contributed by atoms with Gasteiger partial charge in [-0.2, -0.15) is 5.10 Å². The number of rotatable bonds is 4. The third-order valence-corrected chi connectivity index (χ3v) is 4.92. The summed E-state index contributed by atoms with van der Waals surface area (Å²) in [5.41, 5.74) is 1.58. The number of nitrogens with one attached hydrogen (secondary N) is 1. The van der Waals surface area contributed by atoms with Crippen molar-refractivity contribution in [3.63, 3.8) is 0 Å². The molecule has 1 aliphatic rings. The summed E-state index contributed by atoms with van der Waals surface area (Å²) >= 11 is 0. The first-order valence-electron chi connectivity index (χ1n) is 9.07. The number of carbonyl (C=O) groups excluding carboxylic acids is 1. The molecule has 2 aromatic heterocycles. The van der Waals surface area contributed by atoms with Gasteiger partial charge in [0.2, 0.25) is 5.91 Å². The van der Waals surface area contributed by atoms with Crippen molar-refractivity contribution >= 4 is 5.91 Å². The zero-order valence-corrected chi connectivity index (χ0v) is 15.2. The van der Waals surface area contributed by atoms with E-state index in [1.165, 1.54) is 0 Å². The number of nitrogens with zero attached hydrogens (tertiary/aromatic N) is 5. The molecule has 27 heavy (non-hydrogen) atoms. The van der Waals surface area contributed by atoms with Crippen molar-refractivity contribution in [2.24, 2.45) is 7.05 Å². The third-order valence-electron chi connectivity index (χ3n) is 4.92. The highest BCUT2D eigenvalue weighted by atomic mass is 16.3. The van der Waals surface area contributed by atoms with Crippen LogP contribution in [0.1, 0.15) is 24.2 Å². The second kappa shape index (κ2) is 7.22. The van der Waals surface area contributed by atoms with Gasteiger partial charge in [-0.15, -0.1) is 10.2 Å². The Morgan fingerprint density at radius 1 is 1.30 bits per heavy atom. The van der Waals surface area contributed by atoms with Crippen LogP contribution in [0.15, 0.2) is 36.7 Å². The number of fused-ring (bicyclic) bond motifs is 1. The lowest BCUT2D eigenvalue weighted by Crippen LogP contribution is -2.36. The standard InChI is InChI=1S/C19H22N6O2/c1-24-12-14(11-20-24)19-23-22-17-7-6-15(8-9-25(17)19)21-18(27)10-13-4-2-3-5-16(13)26/h2-5,11-12,15,26H,6-10H2,1H3,(H,21,27). The lowest BCUT2D eigenvalue weighted by Gasteiger charge is -2.16. The average Bonchev–Trinajstić information content (AvgIpc) is 3.20. The number of aromatic hydroxyl groups is 1. The van der Waals surface area contributed by atoms with Crippen molar-refractivity contribution in [2.75, 3.05) is 0 Å². The highest BCUT2D eigenvalue weighted by Gasteiger charge is 2.22. The minimum absolute atomic E-state index is 0.0757. The van der Waals surface area contributed by atoms with Gasteiger partial charge in [-0.3, -0.25) is 9.48 Å². The van der Waals surface area contributed by atoms with Gasteiger partial charge >= 0.3 is 0 Å². The Kier molecular flexibility index (Phi) is 4.62. The number of carbonyl (C=O) groups is 1. The van der Waals surface area contributed by atoms with Crippen LogP contribution in [-0.2, 0) is 31.2 Å². The number of phenolic OH excluding ortho intramolecular Hbond substituents is 1. The molecule has 4 rings (SSSR count). The zero-order valence-electron chi connectivity index (χ0n) is 15.2. The summed E-state index contributed by atoms with van der Waals surface area (Å²) in [7, 11) is 1.87. The molecule has 3 aromatic rings. The fraction of sp³-hybridized carbons (Fsp3) is 0.368. The molecule has 2 N–H and O–H groups in total. The number of para-hydroxylation sites is 1. The molecule has 3 heterocycles. The van der Waals surface area contributed by atoms with E-state index in [0.29, 0.717) is 5.56 Å². The first-order valence-corrected chi connectivity index (χ1v) is 9.07.